The summed E-state index contributed by atoms with van der Waals surface area (Å²) >= 11 is 0. The molecule has 3 rings (SSSR count). The van der Waals surface area contributed by atoms with Crippen molar-refractivity contribution in [2.45, 2.75) is 0 Å². The summed E-state index contributed by atoms with van der Waals surface area (Å²) < 4.78 is 10.5. The van der Waals surface area contributed by atoms with Gasteiger partial charge in [0, 0.05) is 50.5 Å². The Balaban J connectivity index is 1.67. The molecule has 0 unspecified atom stereocenters. The fourth-order valence-corrected chi connectivity index (χ4v) is 3.15. The Hall–Kier alpha value is -1.73. The molecule has 0 aliphatic carbocycles. The van der Waals surface area contributed by atoms with Crippen LogP contribution in [0.25, 0.3) is 0 Å². The third kappa shape index (κ3) is 2.84. The lowest BCUT2D eigenvalue weighted by molar-refractivity contribution is -0.125. The zero-order valence-corrected chi connectivity index (χ0v) is 12.1. The van der Waals surface area contributed by atoms with E-state index in [2.05, 4.69) is 20.2 Å². The number of hydrogen-bond donors (Lipinski definition) is 1. The molecule has 1 aromatic rings. The molecule has 0 aromatic carbocycles. The molecule has 114 valence electrons. The molecule has 3 heterocycles. The van der Waals surface area contributed by atoms with Crippen LogP contribution in [0.4, 0.5) is 5.95 Å². The monoisotopic (exact) mass is 292 g/mol. The van der Waals surface area contributed by atoms with Crippen LogP contribution in [0.3, 0.4) is 0 Å². The van der Waals surface area contributed by atoms with Gasteiger partial charge in [0.2, 0.25) is 11.9 Å². The van der Waals surface area contributed by atoms with Crippen LogP contribution in [0.1, 0.15) is 0 Å². The molecule has 0 saturated carbocycles. The summed E-state index contributed by atoms with van der Waals surface area (Å²) in [6.45, 7) is 3.74. The molecule has 7 heteroatoms. The Morgan fingerprint density at radius 2 is 2.38 bits per heavy atom. The molecule has 1 N–H and O–H groups in total. The lowest BCUT2D eigenvalue weighted by Crippen LogP contribution is -2.44. The molecular weight excluding hydrogens is 272 g/mol. The molecule has 2 fully saturated rings. The van der Waals surface area contributed by atoms with Crippen molar-refractivity contribution in [1.82, 2.24) is 15.3 Å². The summed E-state index contributed by atoms with van der Waals surface area (Å²) in [6, 6.07) is 1.81. The lowest BCUT2D eigenvalue weighted by atomic mass is 9.81. The molecule has 0 spiro atoms. The molecule has 2 aliphatic heterocycles. The second-order valence-electron chi connectivity index (χ2n) is 5.71. The number of hydrogen-bond acceptors (Lipinski definition) is 6. The summed E-state index contributed by atoms with van der Waals surface area (Å²) in [5, 5.41) is 2.95. The zero-order chi connectivity index (χ0) is 14.7. The van der Waals surface area contributed by atoms with Gasteiger partial charge in [0.15, 0.2) is 0 Å². The predicted octanol–water partition coefficient (Wildman–Crippen LogP) is -0.308. The van der Waals surface area contributed by atoms with Crippen LogP contribution in [0.5, 0.6) is 0 Å². The van der Waals surface area contributed by atoms with Crippen molar-refractivity contribution >= 4 is 11.9 Å². The lowest BCUT2D eigenvalue weighted by Gasteiger charge is -2.27. The van der Waals surface area contributed by atoms with Crippen molar-refractivity contribution in [2.75, 3.05) is 51.5 Å². The minimum Gasteiger partial charge on any atom is -0.380 e. The highest BCUT2D eigenvalue weighted by Crippen LogP contribution is 2.41. The number of nitrogens with one attached hydrogen (secondary N) is 1. The van der Waals surface area contributed by atoms with Gasteiger partial charge in [-0.15, -0.1) is 0 Å². The maximum Gasteiger partial charge on any atom is 0.246 e. The van der Waals surface area contributed by atoms with Gasteiger partial charge in [-0.05, 0) is 6.07 Å². The Morgan fingerprint density at radius 1 is 1.57 bits per heavy atom. The van der Waals surface area contributed by atoms with Gasteiger partial charge in [-0.3, -0.25) is 4.79 Å². The van der Waals surface area contributed by atoms with Gasteiger partial charge in [-0.1, -0.05) is 0 Å². The number of fused-ring (bicyclic) bond motifs is 1. The normalized spacial score (nSPS) is 27.7. The van der Waals surface area contributed by atoms with Gasteiger partial charge < -0.3 is 19.7 Å². The Kier molecular flexibility index (Phi) is 4.03. The molecule has 2 aliphatic rings. The summed E-state index contributed by atoms with van der Waals surface area (Å²) in [5.74, 6) is 1.05. The number of amides is 1. The number of ether oxygens (including phenoxy) is 2. The maximum atomic E-state index is 11.6. The quantitative estimate of drug-likeness (QED) is 0.802. The van der Waals surface area contributed by atoms with Crippen LogP contribution < -0.4 is 10.2 Å². The Labute approximate surface area is 123 Å². The fourth-order valence-electron chi connectivity index (χ4n) is 3.15. The van der Waals surface area contributed by atoms with E-state index in [9.17, 15) is 4.79 Å². The number of anilines is 1. The fraction of sp³-hybridized carbons (Fsp3) is 0.643. The van der Waals surface area contributed by atoms with E-state index >= 15 is 0 Å². The third-order valence-corrected chi connectivity index (χ3v) is 4.27. The van der Waals surface area contributed by atoms with Crippen molar-refractivity contribution in [1.29, 1.82) is 0 Å². The maximum absolute atomic E-state index is 11.6. The van der Waals surface area contributed by atoms with Gasteiger partial charge in [-0.25, -0.2) is 9.97 Å². The average Bonchev–Trinajstić information content (AvgIpc) is 3.03. The Morgan fingerprint density at radius 3 is 3.14 bits per heavy atom. The van der Waals surface area contributed by atoms with Gasteiger partial charge in [-0.2, -0.15) is 0 Å². The van der Waals surface area contributed by atoms with E-state index in [1.54, 1.807) is 12.4 Å². The molecule has 2 saturated heterocycles. The van der Waals surface area contributed by atoms with Gasteiger partial charge >= 0.3 is 0 Å². The molecule has 2 atom stereocenters. The second kappa shape index (κ2) is 5.95. The van der Waals surface area contributed by atoms with E-state index in [-0.39, 0.29) is 17.9 Å². The van der Waals surface area contributed by atoms with E-state index in [0.717, 1.165) is 25.6 Å². The van der Waals surface area contributed by atoms with Crippen LogP contribution in [-0.2, 0) is 14.3 Å². The van der Waals surface area contributed by atoms with E-state index in [0.29, 0.717) is 19.1 Å². The van der Waals surface area contributed by atoms with E-state index < -0.39 is 0 Å². The van der Waals surface area contributed by atoms with Crippen molar-refractivity contribution in [3.63, 3.8) is 0 Å². The Bertz CT molecular complexity index is 498. The molecular formula is C14H20N4O3. The highest BCUT2D eigenvalue weighted by atomic mass is 16.5. The molecule has 1 amide bonds. The minimum atomic E-state index is -0.0908. The third-order valence-electron chi connectivity index (χ3n) is 4.27. The van der Waals surface area contributed by atoms with E-state index in [4.69, 9.17) is 9.47 Å². The number of methoxy groups -OCH3 is 1. The molecule has 21 heavy (non-hydrogen) atoms. The van der Waals surface area contributed by atoms with Crippen molar-refractivity contribution in [3.8, 4) is 0 Å². The summed E-state index contributed by atoms with van der Waals surface area (Å²) in [6.07, 6.45) is 3.50. The molecule has 0 bridgehead atoms. The van der Waals surface area contributed by atoms with E-state index in [1.165, 1.54) is 7.11 Å². The highest BCUT2D eigenvalue weighted by molar-refractivity contribution is 5.77. The first-order valence-electron chi connectivity index (χ1n) is 7.09. The number of rotatable bonds is 5. The highest BCUT2D eigenvalue weighted by Gasteiger charge is 2.51. The number of carbonyl (C=O) groups excluding carboxylic acids is 1. The van der Waals surface area contributed by atoms with Crippen LogP contribution in [0, 0.1) is 11.3 Å². The summed E-state index contributed by atoms with van der Waals surface area (Å²) in [5.41, 5.74) is -0.0530. The van der Waals surface area contributed by atoms with Crippen molar-refractivity contribution in [3.05, 3.63) is 18.5 Å². The number of aromatic nitrogens is 2. The predicted molar refractivity (Wildman–Crippen MR) is 75.9 cm³/mol. The van der Waals surface area contributed by atoms with Crippen LogP contribution >= 0.6 is 0 Å². The number of nitrogens with zero attached hydrogens (tertiary/aromatic N) is 3. The van der Waals surface area contributed by atoms with Gasteiger partial charge in [0.25, 0.3) is 0 Å². The van der Waals surface area contributed by atoms with Crippen molar-refractivity contribution < 1.29 is 14.3 Å². The second-order valence-corrected chi connectivity index (χ2v) is 5.71. The zero-order valence-electron chi connectivity index (χ0n) is 12.1. The topological polar surface area (TPSA) is 76.6 Å². The standard InChI is InChI=1S/C14H20N4O3/c1-20-7-12(19)17-8-14-9-18(5-11(14)6-21-10-14)13-15-3-2-4-16-13/h2-4,11H,5-10H2,1H3,(H,17,19)/t11-,14+/m0/s1. The number of carbonyl (C=O) groups is 1. The van der Waals surface area contributed by atoms with Crippen LogP contribution in [-0.4, -0.2) is 62.4 Å². The van der Waals surface area contributed by atoms with Crippen LogP contribution in [0.15, 0.2) is 18.5 Å². The molecule has 0 radical (unpaired) electrons. The summed E-state index contributed by atoms with van der Waals surface area (Å²) in [4.78, 5) is 22.4. The molecule has 1 aromatic heterocycles. The van der Waals surface area contributed by atoms with Gasteiger partial charge in [0.1, 0.15) is 6.61 Å². The first-order valence-corrected chi connectivity index (χ1v) is 7.09. The molecule has 7 nitrogen and oxygen atoms in total. The van der Waals surface area contributed by atoms with Crippen LogP contribution in [0.2, 0.25) is 0 Å². The average molecular weight is 292 g/mol. The first kappa shape index (κ1) is 14.2. The summed E-state index contributed by atoms with van der Waals surface area (Å²) in [7, 11) is 1.52. The SMILES string of the molecule is COCC(=O)NC[C@@]12COC[C@@H]1CN(c1ncccn1)C2. The van der Waals surface area contributed by atoms with E-state index in [1.807, 2.05) is 6.07 Å². The largest absolute Gasteiger partial charge is 0.380 e. The minimum absolute atomic E-state index is 0.0530. The van der Waals surface area contributed by atoms with Gasteiger partial charge in [0.05, 0.1) is 13.2 Å². The smallest absolute Gasteiger partial charge is 0.246 e. The first-order chi connectivity index (χ1) is 10.2. The van der Waals surface area contributed by atoms with Crippen molar-refractivity contribution in [2.24, 2.45) is 11.3 Å².